The van der Waals surface area contributed by atoms with Crippen molar-refractivity contribution < 1.29 is 4.79 Å². The number of rotatable bonds is 2. The summed E-state index contributed by atoms with van der Waals surface area (Å²) in [5, 5.41) is 0. The fourth-order valence-electron chi connectivity index (χ4n) is 2.53. The van der Waals surface area contributed by atoms with Gasteiger partial charge in [-0.15, -0.1) is 11.6 Å². The van der Waals surface area contributed by atoms with E-state index in [0.29, 0.717) is 11.8 Å². The average Bonchev–Trinajstić information content (AvgIpc) is 2.41. The monoisotopic (exact) mass is 265 g/mol. The number of carbonyl (C=O) groups excluding carboxylic acids is 1. The van der Waals surface area contributed by atoms with Crippen molar-refractivity contribution in [2.24, 2.45) is 5.92 Å². The number of likely N-dealkylation sites (tertiary alicyclic amines) is 1. The first kappa shape index (κ1) is 13.4. The van der Waals surface area contributed by atoms with Gasteiger partial charge in [0.15, 0.2) is 0 Å². The van der Waals surface area contributed by atoms with Crippen LogP contribution < -0.4 is 0 Å². The van der Waals surface area contributed by atoms with Crippen molar-refractivity contribution in [3.63, 3.8) is 0 Å². The number of halogens is 1. The summed E-state index contributed by atoms with van der Waals surface area (Å²) in [5.41, 5.74) is 3.10. The molecule has 0 saturated carbocycles. The standard InChI is InChI=1S/C15H20ClNO/c1-11-5-3-7-14(12(11)2)15(18)17-8-4-6-13(9-16)10-17/h3,5,7,13H,4,6,8-10H2,1-2H3. The summed E-state index contributed by atoms with van der Waals surface area (Å²) < 4.78 is 0. The SMILES string of the molecule is Cc1cccc(C(=O)N2CCCC(CCl)C2)c1C. The molecule has 1 aromatic carbocycles. The zero-order valence-corrected chi connectivity index (χ0v) is 11.8. The van der Waals surface area contributed by atoms with E-state index in [4.69, 9.17) is 11.6 Å². The lowest BCUT2D eigenvalue weighted by Crippen LogP contribution is -2.40. The van der Waals surface area contributed by atoms with Crippen LogP contribution in [0, 0.1) is 19.8 Å². The van der Waals surface area contributed by atoms with Crippen LogP contribution in [-0.4, -0.2) is 29.8 Å². The quantitative estimate of drug-likeness (QED) is 0.751. The summed E-state index contributed by atoms with van der Waals surface area (Å²) in [6, 6.07) is 5.93. The number of nitrogens with zero attached hydrogens (tertiary/aromatic N) is 1. The average molecular weight is 266 g/mol. The summed E-state index contributed by atoms with van der Waals surface area (Å²) in [7, 11) is 0. The number of carbonyl (C=O) groups is 1. The molecule has 0 aromatic heterocycles. The number of benzene rings is 1. The smallest absolute Gasteiger partial charge is 0.254 e. The van der Waals surface area contributed by atoms with Gasteiger partial charge in [0.1, 0.15) is 0 Å². The van der Waals surface area contributed by atoms with Gasteiger partial charge >= 0.3 is 0 Å². The Morgan fingerprint density at radius 3 is 2.94 bits per heavy atom. The lowest BCUT2D eigenvalue weighted by molar-refractivity contribution is 0.0684. The van der Waals surface area contributed by atoms with E-state index in [1.807, 2.05) is 36.9 Å². The third-order valence-corrected chi connectivity index (χ3v) is 4.30. The summed E-state index contributed by atoms with van der Waals surface area (Å²) in [5.74, 6) is 1.26. The van der Waals surface area contributed by atoms with Crippen molar-refractivity contribution in [2.45, 2.75) is 26.7 Å². The third-order valence-electron chi connectivity index (χ3n) is 3.86. The zero-order chi connectivity index (χ0) is 13.1. The maximum absolute atomic E-state index is 12.5. The third kappa shape index (κ3) is 2.69. The fraction of sp³-hybridized carbons (Fsp3) is 0.533. The fourth-order valence-corrected chi connectivity index (χ4v) is 2.78. The molecule has 1 fully saturated rings. The maximum atomic E-state index is 12.5. The van der Waals surface area contributed by atoms with Crippen molar-refractivity contribution in [2.75, 3.05) is 19.0 Å². The van der Waals surface area contributed by atoms with Crippen molar-refractivity contribution >= 4 is 17.5 Å². The lowest BCUT2D eigenvalue weighted by atomic mass is 9.97. The number of hydrogen-bond donors (Lipinski definition) is 0. The van der Waals surface area contributed by atoms with E-state index >= 15 is 0 Å². The van der Waals surface area contributed by atoms with E-state index in [0.717, 1.165) is 37.1 Å². The molecule has 1 aliphatic rings. The van der Waals surface area contributed by atoms with Crippen molar-refractivity contribution in [1.29, 1.82) is 0 Å². The molecule has 2 rings (SSSR count). The molecule has 98 valence electrons. The topological polar surface area (TPSA) is 20.3 Å². The second kappa shape index (κ2) is 5.75. The van der Waals surface area contributed by atoms with Crippen LogP contribution in [0.1, 0.15) is 34.3 Å². The van der Waals surface area contributed by atoms with Gasteiger partial charge in [-0.1, -0.05) is 12.1 Å². The van der Waals surface area contributed by atoms with Crippen LogP contribution >= 0.6 is 11.6 Å². The summed E-state index contributed by atoms with van der Waals surface area (Å²) in [6.07, 6.45) is 2.20. The molecule has 1 aliphatic heterocycles. The number of hydrogen-bond acceptors (Lipinski definition) is 1. The van der Waals surface area contributed by atoms with E-state index in [1.165, 1.54) is 5.56 Å². The Morgan fingerprint density at radius 2 is 2.22 bits per heavy atom. The first-order valence-electron chi connectivity index (χ1n) is 6.55. The highest BCUT2D eigenvalue weighted by molar-refractivity contribution is 6.18. The number of aryl methyl sites for hydroxylation is 1. The Balaban J connectivity index is 2.18. The first-order chi connectivity index (χ1) is 8.63. The molecule has 0 aliphatic carbocycles. The first-order valence-corrected chi connectivity index (χ1v) is 7.08. The van der Waals surface area contributed by atoms with Gasteiger partial charge in [-0.2, -0.15) is 0 Å². The number of alkyl halides is 1. The van der Waals surface area contributed by atoms with Gasteiger partial charge in [-0.3, -0.25) is 4.79 Å². The van der Waals surface area contributed by atoms with Gasteiger partial charge in [-0.25, -0.2) is 0 Å². The van der Waals surface area contributed by atoms with Gasteiger partial charge in [-0.05, 0) is 49.8 Å². The predicted molar refractivity (Wildman–Crippen MR) is 75.3 cm³/mol. The minimum Gasteiger partial charge on any atom is -0.338 e. The normalized spacial score (nSPS) is 19.9. The molecule has 2 nitrogen and oxygen atoms in total. The molecule has 1 aromatic rings. The second-order valence-electron chi connectivity index (χ2n) is 5.16. The summed E-state index contributed by atoms with van der Waals surface area (Å²) in [4.78, 5) is 14.5. The molecule has 1 atom stereocenters. The molecular formula is C15H20ClNO. The Morgan fingerprint density at radius 1 is 1.44 bits per heavy atom. The van der Waals surface area contributed by atoms with Gasteiger partial charge in [0, 0.05) is 24.5 Å². The molecule has 0 spiro atoms. The van der Waals surface area contributed by atoms with E-state index in [1.54, 1.807) is 0 Å². The van der Waals surface area contributed by atoms with Crippen LogP contribution in [0.3, 0.4) is 0 Å². The number of amides is 1. The van der Waals surface area contributed by atoms with Gasteiger partial charge in [0.2, 0.25) is 0 Å². The molecule has 0 N–H and O–H groups in total. The molecule has 1 unspecified atom stereocenters. The summed E-state index contributed by atoms with van der Waals surface area (Å²) in [6.45, 7) is 5.73. The highest BCUT2D eigenvalue weighted by Crippen LogP contribution is 2.21. The minimum atomic E-state index is 0.158. The Kier molecular flexibility index (Phi) is 4.28. The van der Waals surface area contributed by atoms with E-state index in [-0.39, 0.29) is 5.91 Å². The molecule has 0 radical (unpaired) electrons. The number of piperidine rings is 1. The molecule has 18 heavy (non-hydrogen) atoms. The molecule has 3 heteroatoms. The largest absolute Gasteiger partial charge is 0.338 e. The predicted octanol–water partition coefficient (Wildman–Crippen LogP) is 3.39. The van der Waals surface area contributed by atoms with Crippen LogP contribution in [0.2, 0.25) is 0 Å². The van der Waals surface area contributed by atoms with Crippen molar-refractivity contribution in [3.8, 4) is 0 Å². The Bertz CT molecular complexity index is 444. The van der Waals surface area contributed by atoms with E-state index < -0.39 is 0 Å². The Hall–Kier alpha value is -1.02. The van der Waals surface area contributed by atoms with Crippen molar-refractivity contribution in [1.82, 2.24) is 4.90 Å². The zero-order valence-electron chi connectivity index (χ0n) is 11.1. The molecule has 1 heterocycles. The lowest BCUT2D eigenvalue weighted by Gasteiger charge is -2.32. The van der Waals surface area contributed by atoms with Crippen LogP contribution in [0.5, 0.6) is 0 Å². The maximum Gasteiger partial charge on any atom is 0.254 e. The highest BCUT2D eigenvalue weighted by Gasteiger charge is 2.24. The molecule has 0 bridgehead atoms. The van der Waals surface area contributed by atoms with Gasteiger partial charge in [0.25, 0.3) is 5.91 Å². The molecule has 1 amide bonds. The van der Waals surface area contributed by atoms with Crippen LogP contribution in [0.15, 0.2) is 18.2 Å². The van der Waals surface area contributed by atoms with E-state index in [2.05, 4.69) is 0 Å². The molecular weight excluding hydrogens is 246 g/mol. The Labute approximate surface area is 114 Å². The van der Waals surface area contributed by atoms with Gasteiger partial charge in [0.05, 0.1) is 0 Å². The summed E-state index contributed by atoms with van der Waals surface area (Å²) >= 11 is 5.91. The molecule has 1 saturated heterocycles. The van der Waals surface area contributed by atoms with Crippen LogP contribution in [0.4, 0.5) is 0 Å². The van der Waals surface area contributed by atoms with Crippen LogP contribution in [-0.2, 0) is 0 Å². The minimum absolute atomic E-state index is 0.158. The van der Waals surface area contributed by atoms with Crippen LogP contribution in [0.25, 0.3) is 0 Å². The van der Waals surface area contributed by atoms with Gasteiger partial charge < -0.3 is 4.90 Å². The highest BCUT2D eigenvalue weighted by atomic mass is 35.5. The van der Waals surface area contributed by atoms with E-state index in [9.17, 15) is 4.79 Å². The van der Waals surface area contributed by atoms with Crippen molar-refractivity contribution in [3.05, 3.63) is 34.9 Å². The second-order valence-corrected chi connectivity index (χ2v) is 5.47.